The van der Waals surface area contributed by atoms with Crippen LogP contribution in [0.1, 0.15) is 32.1 Å². The lowest BCUT2D eigenvalue weighted by molar-refractivity contribution is 0.218. The van der Waals surface area contributed by atoms with Gasteiger partial charge >= 0.3 is 0 Å². The van der Waals surface area contributed by atoms with Gasteiger partial charge in [0.15, 0.2) is 0 Å². The van der Waals surface area contributed by atoms with Gasteiger partial charge in [-0.2, -0.15) is 0 Å². The zero-order chi connectivity index (χ0) is 8.67. The summed E-state index contributed by atoms with van der Waals surface area (Å²) in [6.07, 6.45) is 7.34. The van der Waals surface area contributed by atoms with Crippen molar-refractivity contribution in [3.8, 4) is 0 Å². The van der Waals surface area contributed by atoms with Crippen molar-refractivity contribution >= 4 is 0 Å². The standard InChI is InChI=1S/C11H20N2/c1-2-10(1)13(11-3-4-11)8-9-5-6-12-7-9/h9-12H,1-8H2/t9-/m0/s1. The average Bonchev–Trinajstić information content (AvgIpc) is 3.04. The molecule has 1 saturated heterocycles. The van der Waals surface area contributed by atoms with Gasteiger partial charge in [0.2, 0.25) is 0 Å². The summed E-state index contributed by atoms with van der Waals surface area (Å²) in [5.74, 6) is 0.959. The first kappa shape index (κ1) is 8.25. The maximum Gasteiger partial charge on any atom is 0.00994 e. The number of nitrogens with zero attached hydrogens (tertiary/aromatic N) is 1. The van der Waals surface area contributed by atoms with E-state index in [1.165, 1.54) is 51.7 Å². The summed E-state index contributed by atoms with van der Waals surface area (Å²) in [7, 11) is 0. The number of rotatable bonds is 4. The summed E-state index contributed by atoms with van der Waals surface area (Å²) >= 11 is 0. The monoisotopic (exact) mass is 180 g/mol. The molecular formula is C11H20N2. The predicted octanol–water partition coefficient (Wildman–Crippen LogP) is 1.22. The van der Waals surface area contributed by atoms with Crippen LogP contribution in [0.25, 0.3) is 0 Å². The fourth-order valence-electron chi connectivity index (χ4n) is 2.58. The molecule has 2 heteroatoms. The lowest BCUT2D eigenvalue weighted by Gasteiger charge is -2.24. The van der Waals surface area contributed by atoms with Gasteiger partial charge in [0.25, 0.3) is 0 Å². The minimum absolute atomic E-state index is 0.959. The van der Waals surface area contributed by atoms with Crippen LogP contribution in [-0.2, 0) is 0 Å². The molecule has 0 spiro atoms. The third-order valence-electron chi connectivity index (χ3n) is 3.66. The summed E-state index contributed by atoms with van der Waals surface area (Å²) in [5, 5.41) is 3.47. The van der Waals surface area contributed by atoms with Crippen LogP contribution >= 0.6 is 0 Å². The quantitative estimate of drug-likeness (QED) is 0.700. The Bertz CT molecular complexity index is 167. The largest absolute Gasteiger partial charge is 0.316 e. The zero-order valence-electron chi connectivity index (χ0n) is 8.34. The Balaban J connectivity index is 1.54. The number of hydrogen-bond donors (Lipinski definition) is 1. The Morgan fingerprint density at radius 2 is 1.69 bits per heavy atom. The molecular weight excluding hydrogens is 160 g/mol. The molecule has 0 aromatic heterocycles. The van der Waals surface area contributed by atoms with Crippen molar-refractivity contribution in [2.45, 2.75) is 44.2 Å². The lowest BCUT2D eigenvalue weighted by Crippen LogP contribution is -2.34. The lowest BCUT2D eigenvalue weighted by atomic mass is 10.1. The van der Waals surface area contributed by atoms with Gasteiger partial charge in [0.05, 0.1) is 0 Å². The molecule has 3 fully saturated rings. The molecule has 0 unspecified atom stereocenters. The predicted molar refractivity (Wildman–Crippen MR) is 53.7 cm³/mol. The molecule has 0 radical (unpaired) electrons. The fraction of sp³-hybridized carbons (Fsp3) is 1.00. The first-order chi connectivity index (χ1) is 6.43. The molecule has 2 nitrogen and oxygen atoms in total. The molecule has 0 amide bonds. The molecule has 74 valence electrons. The van der Waals surface area contributed by atoms with E-state index in [-0.39, 0.29) is 0 Å². The van der Waals surface area contributed by atoms with E-state index in [0.29, 0.717) is 0 Å². The van der Waals surface area contributed by atoms with Gasteiger partial charge in [-0.1, -0.05) is 0 Å². The van der Waals surface area contributed by atoms with Crippen LogP contribution in [0.2, 0.25) is 0 Å². The van der Waals surface area contributed by atoms with Crippen LogP contribution in [0.3, 0.4) is 0 Å². The Hall–Kier alpha value is -0.0800. The third-order valence-corrected chi connectivity index (χ3v) is 3.66. The zero-order valence-corrected chi connectivity index (χ0v) is 8.34. The van der Waals surface area contributed by atoms with Crippen LogP contribution in [0.5, 0.6) is 0 Å². The van der Waals surface area contributed by atoms with Gasteiger partial charge < -0.3 is 5.32 Å². The van der Waals surface area contributed by atoms with E-state index in [9.17, 15) is 0 Å². The van der Waals surface area contributed by atoms with Gasteiger partial charge in [-0.15, -0.1) is 0 Å². The topological polar surface area (TPSA) is 15.3 Å². The highest BCUT2D eigenvalue weighted by Gasteiger charge is 2.39. The minimum atomic E-state index is 0.959. The van der Waals surface area contributed by atoms with Crippen LogP contribution < -0.4 is 5.32 Å². The van der Waals surface area contributed by atoms with Gasteiger partial charge in [0.1, 0.15) is 0 Å². The molecule has 1 aliphatic heterocycles. The Morgan fingerprint density at radius 1 is 1.00 bits per heavy atom. The highest BCUT2D eigenvalue weighted by Crippen LogP contribution is 2.38. The molecule has 1 N–H and O–H groups in total. The average molecular weight is 180 g/mol. The smallest absolute Gasteiger partial charge is 0.00994 e. The van der Waals surface area contributed by atoms with E-state index in [0.717, 1.165) is 18.0 Å². The first-order valence-corrected chi connectivity index (χ1v) is 5.90. The van der Waals surface area contributed by atoms with Crippen molar-refractivity contribution in [1.82, 2.24) is 10.2 Å². The molecule has 1 heterocycles. The number of nitrogens with one attached hydrogen (secondary N) is 1. The SMILES string of the molecule is C1C[C@H](CN(C2CC2)C2CC2)CN1. The number of hydrogen-bond acceptors (Lipinski definition) is 2. The van der Waals surface area contributed by atoms with Gasteiger partial charge in [-0.25, -0.2) is 0 Å². The first-order valence-electron chi connectivity index (χ1n) is 5.90. The van der Waals surface area contributed by atoms with Crippen LogP contribution in [0, 0.1) is 5.92 Å². The molecule has 3 rings (SSSR count). The van der Waals surface area contributed by atoms with E-state index < -0.39 is 0 Å². The van der Waals surface area contributed by atoms with Crippen LogP contribution in [0.15, 0.2) is 0 Å². The highest BCUT2D eigenvalue weighted by atomic mass is 15.2. The van der Waals surface area contributed by atoms with Crippen molar-refractivity contribution in [2.75, 3.05) is 19.6 Å². The molecule has 1 atom stereocenters. The van der Waals surface area contributed by atoms with E-state index in [4.69, 9.17) is 0 Å². The normalized spacial score (nSPS) is 34.4. The molecule has 13 heavy (non-hydrogen) atoms. The minimum Gasteiger partial charge on any atom is -0.316 e. The van der Waals surface area contributed by atoms with E-state index >= 15 is 0 Å². The van der Waals surface area contributed by atoms with Crippen molar-refractivity contribution in [2.24, 2.45) is 5.92 Å². The van der Waals surface area contributed by atoms with Crippen LogP contribution in [-0.4, -0.2) is 36.6 Å². The van der Waals surface area contributed by atoms with Crippen LogP contribution in [0.4, 0.5) is 0 Å². The van der Waals surface area contributed by atoms with E-state index in [2.05, 4.69) is 10.2 Å². The second-order valence-electron chi connectivity index (χ2n) is 5.02. The van der Waals surface area contributed by atoms with Crippen molar-refractivity contribution in [3.05, 3.63) is 0 Å². The molecule has 0 aromatic rings. The maximum atomic E-state index is 3.47. The van der Waals surface area contributed by atoms with Crippen molar-refractivity contribution in [3.63, 3.8) is 0 Å². The van der Waals surface area contributed by atoms with Crippen molar-refractivity contribution in [1.29, 1.82) is 0 Å². The Kier molecular flexibility index (Phi) is 2.06. The van der Waals surface area contributed by atoms with Crippen molar-refractivity contribution < 1.29 is 0 Å². The van der Waals surface area contributed by atoms with E-state index in [1.807, 2.05) is 0 Å². The summed E-state index contributed by atoms with van der Waals surface area (Å²) < 4.78 is 0. The van der Waals surface area contributed by atoms with E-state index in [1.54, 1.807) is 0 Å². The summed E-state index contributed by atoms with van der Waals surface area (Å²) in [5.41, 5.74) is 0. The molecule has 2 saturated carbocycles. The Labute approximate surface area is 80.7 Å². The summed E-state index contributed by atoms with van der Waals surface area (Å²) in [6, 6.07) is 1.99. The molecule has 2 aliphatic carbocycles. The second-order valence-corrected chi connectivity index (χ2v) is 5.02. The van der Waals surface area contributed by atoms with Gasteiger partial charge in [-0.3, -0.25) is 4.90 Å². The fourth-order valence-corrected chi connectivity index (χ4v) is 2.58. The second kappa shape index (κ2) is 3.25. The third kappa shape index (κ3) is 1.89. The van der Waals surface area contributed by atoms with Gasteiger partial charge in [0, 0.05) is 18.6 Å². The highest BCUT2D eigenvalue weighted by molar-refractivity contribution is 4.95. The maximum absolute atomic E-state index is 3.47. The Morgan fingerprint density at radius 3 is 2.15 bits per heavy atom. The molecule has 0 bridgehead atoms. The molecule has 3 aliphatic rings. The van der Waals surface area contributed by atoms with Gasteiger partial charge in [-0.05, 0) is 51.1 Å². The molecule has 0 aromatic carbocycles. The summed E-state index contributed by atoms with van der Waals surface area (Å²) in [4.78, 5) is 2.82. The summed E-state index contributed by atoms with van der Waals surface area (Å²) in [6.45, 7) is 3.92.